The number of rotatable bonds is 4. The standard InChI is InChI=1S/C22H26N2O8.C22H24N2O8.H2O/c1-21(31)8-5-4-6-11(25)12(8)16(26)13-9(21)7-10-15(24(2)3)17(27)14(20(23)30)19(29)22(10,32)18(13)28;1-7-8-5-4-6-9(25)11(8)16(26)12-10(7)17(27)14-15(24(2)3)18(28)13(21(23)31)20(30)22(14,32)19(12)29;/h4-6,9-10,13,15,18,25,28-29,31-32H,7H2,1-3H3,(H2,23,30);4-7,10,14-15,17,25-27,30,32H,1-3H3,(H2,23,31);1H2/t9-,10-,13?,15-,18?,21+,22-;7-,10+,14+,15-,17-,22-;/m00./s1. The molecule has 0 aromatic heterocycles. The Bertz CT molecular complexity index is 2560. The minimum absolute atomic E-state index is 0. The zero-order chi connectivity index (χ0) is 47.8. The largest absolute Gasteiger partial charge is 0.508 e. The van der Waals surface area contributed by atoms with Crippen molar-refractivity contribution in [1.29, 1.82) is 0 Å². The number of primary amides is 2. The van der Waals surface area contributed by atoms with Gasteiger partial charge in [-0.3, -0.25) is 38.6 Å². The zero-order valence-electron chi connectivity index (χ0n) is 35.9. The second-order valence-electron chi connectivity index (χ2n) is 18.1. The van der Waals surface area contributed by atoms with Crippen LogP contribution in [-0.4, -0.2) is 165 Å². The minimum Gasteiger partial charge on any atom is -0.508 e. The van der Waals surface area contributed by atoms with E-state index in [2.05, 4.69) is 0 Å². The van der Waals surface area contributed by atoms with Gasteiger partial charge in [-0.2, -0.15) is 0 Å². The fourth-order valence-electron chi connectivity index (χ4n) is 11.5. The van der Waals surface area contributed by atoms with Gasteiger partial charge >= 0.3 is 0 Å². The summed E-state index contributed by atoms with van der Waals surface area (Å²) in [6.07, 6.45) is -3.73. The van der Waals surface area contributed by atoms with Gasteiger partial charge in [0, 0.05) is 23.3 Å². The molecule has 2 unspecified atom stereocenters. The van der Waals surface area contributed by atoms with Gasteiger partial charge in [0.25, 0.3) is 11.8 Å². The van der Waals surface area contributed by atoms with Crippen molar-refractivity contribution in [1.82, 2.24) is 9.80 Å². The Balaban J connectivity index is 0.000000212. The highest BCUT2D eigenvalue weighted by molar-refractivity contribution is 6.25. The van der Waals surface area contributed by atoms with E-state index in [0.29, 0.717) is 5.56 Å². The molecular formula is C44H52N4O17. The number of ketones is 4. The van der Waals surface area contributed by atoms with Crippen molar-refractivity contribution in [2.24, 2.45) is 41.1 Å². The number of carbonyl (C=O) groups excluding carboxylic acids is 6. The van der Waals surface area contributed by atoms with Gasteiger partial charge in [-0.05, 0) is 70.7 Å². The number of nitrogens with zero attached hydrogens (tertiary/aromatic N) is 2. The summed E-state index contributed by atoms with van der Waals surface area (Å²) in [5.74, 6) is -16.7. The number of nitrogens with two attached hydrogens (primary N) is 2. The number of aliphatic hydroxyl groups is 8. The Morgan fingerprint density at radius 1 is 0.708 bits per heavy atom. The first kappa shape index (κ1) is 48.4. The summed E-state index contributed by atoms with van der Waals surface area (Å²) in [6, 6.07) is 6.21. The number of hydrogen-bond donors (Lipinski definition) is 12. The highest BCUT2D eigenvalue weighted by atomic mass is 16.4. The number of fused-ring (bicyclic) bond motifs is 6. The van der Waals surface area contributed by atoms with E-state index in [4.69, 9.17) is 11.5 Å². The Morgan fingerprint density at radius 3 is 1.75 bits per heavy atom. The maximum absolute atomic E-state index is 13.7. The van der Waals surface area contributed by atoms with Crippen LogP contribution in [0.2, 0.25) is 0 Å². The Kier molecular flexibility index (Phi) is 11.8. The molecule has 65 heavy (non-hydrogen) atoms. The smallest absolute Gasteiger partial charge is 0.255 e. The summed E-state index contributed by atoms with van der Waals surface area (Å²) in [5, 5.41) is 110. The fourth-order valence-corrected chi connectivity index (χ4v) is 11.5. The Hall–Kier alpha value is -6.04. The summed E-state index contributed by atoms with van der Waals surface area (Å²) < 4.78 is 0. The molecule has 13 atom stereocenters. The molecule has 6 aliphatic carbocycles. The lowest BCUT2D eigenvalue weighted by Gasteiger charge is -2.58. The predicted molar refractivity (Wildman–Crippen MR) is 223 cm³/mol. The minimum atomic E-state index is -2.89. The Labute approximate surface area is 370 Å². The molecule has 0 bridgehead atoms. The van der Waals surface area contributed by atoms with Crippen LogP contribution in [0.15, 0.2) is 64.6 Å². The first-order valence-electron chi connectivity index (χ1n) is 20.2. The molecule has 0 spiro atoms. The molecule has 2 aromatic rings. The maximum atomic E-state index is 13.7. The van der Waals surface area contributed by atoms with Crippen molar-refractivity contribution in [3.8, 4) is 11.5 Å². The van der Waals surface area contributed by atoms with Gasteiger partial charge in [-0.25, -0.2) is 0 Å². The monoisotopic (exact) mass is 908 g/mol. The number of aliphatic hydroxyl groups excluding tert-OH is 5. The summed E-state index contributed by atoms with van der Waals surface area (Å²) in [4.78, 5) is 79.8. The van der Waals surface area contributed by atoms with Crippen LogP contribution in [0.3, 0.4) is 0 Å². The molecule has 8 rings (SSSR count). The molecule has 0 radical (unpaired) electrons. The SMILES string of the molecule is CN(C)[C@@H]1C(=O)C(C(N)=O)=C(O)[C@@]2(O)C(O)C3C(=O)c4c(O)cccc4[C@@](C)(O)[C@H]3C[C@@H]12.C[C@H]1c2cccc(O)c2C(O)=C2C(=O)[C@]3(O)C(O)=C(C(N)=O)C(=O)[C@@H](N(C)C)[C@@H]3[C@@H](O)[C@@H]21.O. The molecule has 2 saturated carbocycles. The van der Waals surface area contributed by atoms with Crippen molar-refractivity contribution >= 4 is 40.7 Å². The molecular weight excluding hydrogens is 856 g/mol. The van der Waals surface area contributed by atoms with Crippen LogP contribution in [0.25, 0.3) is 5.76 Å². The molecule has 0 saturated heterocycles. The number of carbonyl (C=O) groups is 6. The molecule has 2 amide bonds. The highest BCUT2D eigenvalue weighted by Crippen LogP contribution is 2.59. The van der Waals surface area contributed by atoms with E-state index < -0.39 is 151 Å². The molecule has 2 aromatic carbocycles. The molecule has 2 fully saturated rings. The average molecular weight is 909 g/mol. The topological polar surface area (TPSA) is 395 Å². The van der Waals surface area contributed by atoms with Crippen LogP contribution in [0.5, 0.6) is 11.5 Å². The van der Waals surface area contributed by atoms with Gasteiger partial charge in [0.05, 0.1) is 46.8 Å². The summed E-state index contributed by atoms with van der Waals surface area (Å²) >= 11 is 0. The summed E-state index contributed by atoms with van der Waals surface area (Å²) in [7, 11) is 5.98. The van der Waals surface area contributed by atoms with E-state index in [-0.39, 0.29) is 34.3 Å². The first-order valence-corrected chi connectivity index (χ1v) is 20.2. The summed E-state index contributed by atoms with van der Waals surface area (Å²) in [5.41, 5.74) is 1.65. The number of amides is 2. The fraction of sp³-hybridized carbons (Fsp3) is 0.455. The third-order valence-electron chi connectivity index (χ3n) is 14.5. The lowest BCUT2D eigenvalue weighted by molar-refractivity contribution is -0.205. The van der Waals surface area contributed by atoms with Crippen LogP contribution in [-0.2, 0) is 29.6 Å². The van der Waals surface area contributed by atoms with Gasteiger partial charge in [0.15, 0.2) is 28.6 Å². The van der Waals surface area contributed by atoms with Gasteiger partial charge in [0.2, 0.25) is 5.78 Å². The number of phenolic OH excluding ortho intramolecular Hbond substituents is 2. The number of phenols is 2. The third kappa shape index (κ3) is 6.28. The number of Topliss-reactive ketones (excluding diaryl/α,β-unsaturated/α-hetero) is 4. The normalized spacial score (nSPS) is 36.1. The van der Waals surface area contributed by atoms with E-state index in [0.717, 1.165) is 0 Å². The van der Waals surface area contributed by atoms with E-state index in [1.807, 2.05) is 0 Å². The molecule has 0 heterocycles. The van der Waals surface area contributed by atoms with E-state index in [1.54, 1.807) is 19.1 Å². The van der Waals surface area contributed by atoms with Crippen molar-refractivity contribution in [2.45, 2.75) is 67.3 Å². The van der Waals surface area contributed by atoms with Crippen LogP contribution >= 0.6 is 0 Å². The van der Waals surface area contributed by atoms with Gasteiger partial charge in [0.1, 0.15) is 46.0 Å². The van der Waals surface area contributed by atoms with Crippen LogP contribution in [0.4, 0.5) is 0 Å². The average Bonchev–Trinajstić information content (AvgIpc) is 3.19. The lowest BCUT2D eigenvalue weighted by atomic mass is 9.50. The van der Waals surface area contributed by atoms with Crippen molar-refractivity contribution in [3.63, 3.8) is 0 Å². The quantitative estimate of drug-likeness (QED) is 0.143. The molecule has 6 aliphatic rings. The number of benzene rings is 2. The third-order valence-corrected chi connectivity index (χ3v) is 14.5. The Morgan fingerprint density at radius 2 is 1.22 bits per heavy atom. The van der Waals surface area contributed by atoms with E-state index in [1.165, 1.54) is 69.2 Å². The van der Waals surface area contributed by atoms with Gasteiger partial charge in [-0.1, -0.05) is 31.2 Å². The number of aromatic hydroxyl groups is 2. The number of hydrogen-bond acceptors (Lipinski definition) is 18. The lowest BCUT2D eigenvalue weighted by Crippen LogP contribution is -2.71. The second kappa shape index (κ2) is 15.8. The second-order valence-corrected chi connectivity index (χ2v) is 18.1. The molecule has 21 nitrogen and oxygen atoms in total. The predicted octanol–water partition coefficient (Wildman–Crippen LogP) is -2.38. The van der Waals surface area contributed by atoms with E-state index in [9.17, 15) is 79.8 Å². The molecule has 0 aliphatic heterocycles. The van der Waals surface area contributed by atoms with Crippen molar-refractivity contribution in [2.75, 3.05) is 28.2 Å². The van der Waals surface area contributed by atoms with Crippen molar-refractivity contribution in [3.05, 3.63) is 86.9 Å². The van der Waals surface area contributed by atoms with E-state index >= 15 is 0 Å². The first-order chi connectivity index (χ1) is 29.6. The van der Waals surface area contributed by atoms with Crippen LogP contribution in [0.1, 0.15) is 53.2 Å². The molecule has 21 heteroatoms. The van der Waals surface area contributed by atoms with Gasteiger partial charge in [-0.15, -0.1) is 0 Å². The maximum Gasteiger partial charge on any atom is 0.255 e. The van der Waals surface area contributed by atoms with Crippen LogP contribution in [0, 0.1) is 29.6 Å². The van der Waals surface area contributed by atoms with Crippen molar-refractivity contribution < 1.29 is 85.3 Å². The van der Waals surface area contributed by atoms with Gasteiger partial charge < -0.3 is 68.0 Å². The zero-order valence-corrected chi connectivity index (χ0v) is 35.9. The molecule has 350 valence electrons. The highest BCUT2D eigenvalue weighted by Gasteiger charge is 2.70. The molecule has 16 N–H and O–H groups in total. The number of likely N-dealkylation sites (N-methyl/N-ethyl adjacent to an activating group) is 2. The summed E-state index contributed by atoms with van der Waals surface area (Å²) in [6.45, 7) is 3.11. The van der Waals surface area contributed by atoms with Crippen LogP contribution < -0.4 is 11.5 Å².